The smallest absolute Gasteiger partial charge is 0.228 e. The van der Waals surface area contributed by atoms with Crippen molar-refractivity contribution in [2.75, 3.05) is 13.1 Å². The molecule has 0 aromatic carbocycles. The fourth-order valence-electron chi connectivity index (χ4n) is 2.68. The topological polar surface area (TPSA) is 20.3 Å². The number of carbonyl (C=O) groups is 1. The predicted octanol–water partition coefficient (Wildman–Crippen LogP) is 3.83. The molecule has 1 atom stereocenters. The van der Waals surface area contributed by atoms with Crippen LogP contribution in [0.1, 0.15) is 54.4 Å². The van der Waals surface area contributed by atoms with Crippen LogP contribution in [0, 0.1) is 10.8 Å². The molecule has 0 aliphatic carbocycles. The van der Waals surface area contributed by atoms with Gasteiger partial charge in [-0.25, -0.2) is 0 Å². The molecule has 1 saturated heterocycles. The van der Waals surface area contributed by atoms with Gasteiger partial charge in [0.05, 0.1) is 0 Å². The first-order valence-electron chi connectivity index (χ1n) is 6.47. The van der Waals surface area contributed by atoms with Gasteiger partial charge in [0, 0.05) is 22.8 Å². The Kier molecular flexibility index (Phi) is 4.03. The molecule has 1 amide bonds. The second-order valence-corrected chi connectivity index (χ2v) is 9.07. The van der Waals surface area contributed by atoms with E-state index in [2.05, 4.69) is 57.5 Å². The summed E-state index contributed by atoms with van der Waals surface area (Å²) in [6.07, 6.45) is 1.92. The van der Waals surface area contributed by atoms with Crippen molar-refractivity contribution in [2.45, 2.75) is 58.7 Å². The van der Waals surface area contributed by atoms with E-state index < -0.39 is 0 Å². The van der Waals surface area contributed by atoms with Crippen LogP contribution in [0.5, 0.6) is 0 Å². The van der Waals surface area contributed by atoms with Gasteiger partial charge < -0.3 is 4.90 Å². The molecule has 0 N–H and O–H groups in total. The van der Waals surface area contributed by atoms with Crippen molar-refractivity contribution in [1.82, 2.24) is 4.90 Å². The minimum absolute atomic E-state index is 0.0620. The van der Waals surface area contributed by atoms with Gasteiger partial charge >= 0.3 is 0 Å². The van der Waals surface area contributed by atoms with Gasteiger partial charge in [-0.3, -0.25) is 4.79 Å². The number of hydrogen-bond acceptors (Lipinski definition) is 1. The number of rotatable bonds is 4. The molecule has 1 aliphatic rings. The van der Waals surface area contributed by atoms with Gasteiger partial charge in [-0.05, 0) is 25.2 Å². The van der Waals surface area contributed by atoms with Gasteiger partial charge in [0.1, 0.15) is 0 Å². The van der Waals surface area contributed by atoms with Gasteiger partial charge in [0.15, 0.2) is 0 Å². The molecule has 3 heteroatoms. The van der Waals surface area contributed by atoms with Crippen LogP contribution < -0.4 is 0 Å². The van der Waals surface area contributed by atoms with Crippen LogP contribution in [-0.2, 0) is 4.79 Å². The monoisotopic (exact) mass is 303 g/mol. The quantitative estimate of drug-likeness (QED) is 0.723. The molecule has 1 rings (SSSR count). The third kappa shape index (κ3) is 3.70. The van der Waals surface area contributed by atoms with E-state index in [0.717, 1.165) is 25.9 Å². The first-order chi connectivity index (χ1) is 7.49. The number of likely N-dealkylation sites (tertiary alicyclic amines) is 1. The van der Waals surface area contributed by atoms with E-state index in [1.807, 2.05) is 4.90 Å². The first-order valence-corrected chi connectivity index (χ1v) is 7.27. The molecule has 0 aromatic heterocycles. The van der Waals surface area contributed by atoms with Crippen molar-refractivity contribution in [3.8, 4) is 0 Å². The Labute approximate surface area is 114 Å². The van der Waals surface area contributed by atoms with E-state index in [-0.39, 0.29) is 9.74 Å². The van der Waals surface area contributed by atoms with Gasteiger partial charge in [0.25, 0.3) is 0 Å². The minimum Gasteiger partial charge on any atom is -0.341 e. The standard InChI is InChI=1S/C14H26BrNO/c1-7-14(6,15)8-13(4,5)11(17)16-9-12(2,3)10-16/h7-10H2,1-6H3. The summed E-state index contributed by atoms with van der Waals surface area (Å²) >= 11 is 3.73. The molecule has 1 heterocycles. The highest BCUT2D eigenvalue weighted by Crippen LogP contribution is 2.40. The van der Waals surface area contributed by atoms with Crippen LogP contribution in [0.4, 0.5) is 0 Å². The average molecular weight is 304 g/mol. The van der Waals surface area contributed by atoms with Crippen molar-refractivity contribution >= 4 is 21.8 Å². The Morgan fingerprint density at radius 1 is 1.29 bits per heavy atom. The van der Waals surface area contributed by atoms with Crippen LogP contribution in [0.2, 0.25) is 0 Å². The minimum atomic E-state index is -0.273. The van der Waals surface area contributed by atoms with E-state index >= 15 is 0 Å². The predicted molar refractivity (Wildman–Crippen MR) is 76.4 cm³/mol. The molecule has 17 heavy (non-hydrogen) atoms. The molecular weight excluding hydrogens is 278 g/mol. The van der Waals surface area contributed by atoms with Crippen LogP contribution in [-0.4, -0.2) is 28.2 Å². The number of alkyl halides is 1. The Morgan fingerprint density at radius 3 is 2.12 bits per heavy atom. The summed E-state index contributed by atoms with van der Waals surface area (Å²) in [6, 6.07) is 0. The highest BCUT2D eigenvalue weighted by Gasteiger charge is 2.44. The zero-order chi connectivity index (χ0) is 13.5. The Bertz CT molecular complexity index is 299. The van der Waals surface area contributed by atoms with E-state index in [1.165, 1.54) is 0 Å². The number of nitrogens with zero attached hydrogens (tertiary/aromatic N) is 1. The average Bonchev–Trinajstić information content (AvgIpc) is 2.11. The highest BCUT2D eigenvalue weighted by atomic mass is 79.9. The summed E-state index contributed by atoms with van der Waals surface area (Å²) < 4.78 is 0.0620. The fourth-order valence-corrected chi connectivity index (χ4v) is 3.38. The van der Waals surface area contributed by atoms with Crippen molar-refractivity contribution in [3.63, 3.8) is 0 Å². The summed E-state index contributed by atoms with van der Waals surface area (Å²) in [5, 5.41) is 0. The van der Waals surface area contributed by atoms with Gasteiger partial charge in [-0.15, -0.1) is 0 Å². The summed E-state index contributed by atoms with van der Waals surface area (Å²) in [5.41, 5.74) is 0.0406. The molecular formula is C14H26BrNO. The van der Waals surface area contributed by atoms with Crippen molar-refractivity contribution in [2.24, 2.45) is 10.8 Å². The molecule has 0 bridgehead atoms. The maximum absolute atomic E-state index is 12.4. The fraction of sp³-hybridized carbons (Fsp3) is 0.929. The van der Waals surface area contributed by atoms with Gasteiger partial charge in [0.2, 0.25) is 5.91 Å². The Balaban J connectivity index is 2.62. The molecule has 0 saturated carbocycles. The third-order valence-electron chi connectivity index (χ3n) is 3.65. The molecule has 0 aromatic rings. The number of hydrogen-bond donors (Lipinski definition) is 0. The zero-order valence-corrected chi connectivity index (χ0v) is 13.6. The second kappa shape index (κ2) is 4.56. The molecule has 1 unspecified atom stereocenters. The normalized spacial score (nSPS) is 22.9. The lowest BCUT2D eigenvalue weighted by molar-refractivity contribution is -0.151. The number of halogens is 1. The van der Waals surface area contributed by atoms with Crippen LogP contribution in [0.3, 0.4) is 0 Å². The summed E-state index contributed by atoms with van der Waals surface area (Å²) in [6.45, 7) is 14.7. The van der Waals surface area contributed by atoms with Crippen molar-refractivity contribution < 1.29 is 4.79 Å². The van der Waals surface area contributed by atoms with E-state index in [9.17, 15) is 4.79 Å². The molecule has 0 radical (unpaired) electrons. The molecule has 2 nitrogen and oxygen atoms in total. The lowest BCUT2D eigenvalue weighted by Crippen LogP contribution is -2.59. The van der Waals surface area contributed by atoms with Crippen LogP contribution >= 0.6 is 15.9 Å². The molecule has 100 valence electrons. The zero-order valence-electron chi connectivity index (χ0n) is 12.1. The molecule has 1 fully saturated rings. The Hall–Kier alpha value is -0.0500. The molecule has 0 spiro atoms. The first kappa shape index (κ1) is 15.0. The van der Waals surface area contributed by atoms with Crippen LogP contribution in [0.25, 0.3) is 0 Å². The second-order valence-electron chi connectivity index (χ2n) is 7.15. The summed E-state index contributed by atoms with van der Waals surface area (Å²) in [7, 11) is 0. The van der Waals surface area contributed by atoms with Crippen molar-refractivity contribution in [1.29, 1.82) is 0 Å². The lowest BCUT2D eigenvalue weighted by atomic mass is 9.77. The maximum Gasteiger partial charge on any atom is 0.228 e. The van der Waals surface area contributed by atoms with Crippen LogP contribution in [0.15, 0.2) is 0 Å². The van der Waals surface area contributed by atoms with Gasteiger partial charge in [-0.2, -0.15) is 0 Å². The van der Waals surface area contributed by atoms with Gasteiger partial charge in [-0.1, -0.05) is 50.5 Å². The summed E-state index contributed by atoms with van der Waals surface area (Å²) in [5.74, 6) is 0.302. The van der Waals surface area contributed by atoms with E-state index in [4.69, 9.17) is 0 Å². The third-order valence-corrected chi connectivity index (χ3v) is 4.49. The highest BCUT2D eigenvalue weighted by molar-refractivity contribution is 9.10. The van der Waals surface area contributed by atoms with E-state index in [0.29, 0.717) is 11.3 Å². The number of carbonyl (C=O) groups excluding carboxylic acids is 1. The SMILES string of the molecule is CCC(C)(Br)CC(C)(C)C(=O)N1CC(C)(C)C1. The van der Waals surface area contributed by atoms with Crippen molar-refractivity contribution in [3.05, 3.63) is 0 Å². The maximum atomic E-state index is 12.4. The van der Waals surface area contributed by atoms with E-state index in [1.54, 1.807) is 0 Å². The largest absolute Gasteiger partial charge is 0.341 e. The number of amides is 1. The lowest BCUT2D eigenvalue weighted by Gasteiger charge is -2.49. The molecule has 1 aliphatic heterocycles. The summed E-state index contributed by atoms with van der Waals surface area (Å²) in [4.78, 5) is 14.4. The Morgan fingerprint density at radius 2 is 1.76 bits per heavy atom.